The van der Waals surface area contributed by atoms with Crippen LogP contribution in [-0.4, -0.2) is 30.2 Å². The van der Waals surface area contributed by atoms with Crippen LogP contribution in [0.1, 0.15) is 25.7 Å². The molecule has 7 heteroatoms. The molecule has 0 aliphatic carbocycles. The molecule has 0 aromatic heterocycles. The molecule has 3 rings (SSSR count). The quantitative estimate of drug-likeness (QED) is 0.705. The molecule has 20 heavy (non-hydrogen) atoms. The minimum Gasteiger partial charge on any atom is -0.207 e. The van der Waals surface area contributed by atoms with E-state index in [1.165, 1.54) is 0 Å². The van der Waals surface area contributed by atoms with E-state index in [0.29, 0.717) is 0 Å². The molecule has 2 unspecified atom stereocenters. The molecule has 3 nitrogen and oxygen atoms in total. The summed E-state index contributed by atoms with van der Waals surface area (Å²) in [5.41, 5.74) is 0. The Bertz CT molecular complexity index is 623. The lowest BCUT2D eigenvalue weighted by Crippen LogP contribution is -2.46. The van der Waals surface area contributed by atoms with E-state index < -0.39 is 10.0 Å². The van der Waals surface area contributed by atoms with Gasteiger partial charge < -0.3 is 0 Å². The fraction of sp³-hybridized carbons (Fsp3) is 0.538. The van der Waals surface area contributed by atoms with Crippen LogP contribution in [0.3, 0.4) is 0 Å². The number of hydrogen-bond acceptors (Lipinski definition) is 2. The van der Waals surface area contributed by atoms with Crippen LogP contribution in [0.5, 0.6) is 0 Å². The zero-order chi connectivity index (χ0) is 14.5. The van der Waals surface area contributed by atoms with Gasteiger partial charge in [0.1, 0.15) is 4.90 Å². The number of alkyl halides is 1. The summed E-state index contributed by atoms with van der Waals surface area (Å²) in [6.45, 7) is 0. The fourth-order valence-corrected chi connectivity index (χ4v) is 6.58. The second-order valence-corrected chi connectivity index (χ2v) is 9.12. The molecular formula is C13H14BrCl2NO2S. The third-order valence-electron chi connectivity index (χ3n) is 4.06. The SMILES string of the molecule is O=S(=O)(c1ccc(Br)cc1Cl)N1C2CCC1CC(Cl)C2. The Kier molecular flexibility index (Phi) is 4.10. The van der Waals surface area contributed by atoms with Gasteiger partial charge in [-0.25, -0.2) is 8.42 Å². The van der Waals surface area contributed by atoms with Crippen molar-refractivity contribution in [3.05, 3.63) is 27.7 Å². The maximum atomic E-state index is 12.9. The van der Waals surface area contributed by atoms with Crippen molar-refractivity contribution in [2.45, 2.75) is 48.0 Å². The topological polar surface area (TPSA) is 37.4 Å². The Morgan fingerprint density at radius 1 is 1.20 bits per heavy atom. The first-order chi connectivity index (χ1) is 9.39. The van der Waals surface area contributed by atoms with Crippen LogP contribution in [0.25, 0.3) is 0 Å². The zero-order valence-electron chi connectivity index (χ0n) is 10.6. The van der Waals surface area contributed by atoms with Gasteiger partial charge in [-0.1, -0.05) is 27.5 Å². The summed E-state index contributed by atoms with van der Waals surface area (Å²) in [4.78, 5) is 0.187. The monoisotopic (exact) mass is 397 g/mol. The summed E-state index contributed by atoms with van der Waals surface area (Å²) < 4.78 is 28.1. The molecule has 1 aromatic rings. The normalized spacial score (nSPS) is 30.6. The van der Waals surface area contributed by atoms with E-state index in [2.05, 4.69) is 15.9 Å². The maximum Gasteiger partial charge on any atom is 0.245 e. The second-order valence-electron chi connectivity index (χ2n) is 5.36. The third kappa shape index (κ3) is 2.52. The van der Waals surface area contributed by atoms with Gasteiger partial charge in [0.05, 0.1) is 5.02 Å². The van der Waals surface area contributed by atoms with Crippen LogP contribution in [-0.2, 0) is 10.0 Å². The molecule has 110 valence electrons. The van der Waals surface area contributed by atoms with Crippen LogP contribution in [0.2, 0.25) is 5.02 Å². The molecule has 2 saturated heterocycles. The number of sulfonamides is 1. The first-order valence-corrected chi connectivity index (χ1v) is 9.57. The van der Waals surface area contributed by atoms with Gasteiger partial charge in [0.25, 0.3) is 0 Å². The number of halogens is 3. The summed E-state index contributed by atoms with van der Waals surface area (Å²) in [6, 6.07) is 4.91. The average Bonchev–Trinajstić information content (AvgIpc) is 2.62. The summed E-state index contributed by atoms with van der Waals surface area (Å²) in [6.07, 6.45) is 3.24. The first kappa shape index (κ1) is 15.1. The predicted octanol–water partition coefficient (Wildman–Crippen LogP) is 4.03. The highest BCUT2D eigenvalue weighted by Gasteiger charge is 2.47. The average molecular weight is 399 g/mol. The van der Waals surface area contributed by atoms with E-state index in [-0.39, 0.29) is 27.4 Å². The van der Waals surface area contributed by atoms with Crippen molar-refractivity contribution in [3.63, 3.8) is 0 Å². The van der Waals surface area contributed by atoms with Crippen molar-refractivity contribution in [1.29, 1.82) is 0 Å². The molecular weight excluding hydrogens is 385 g/mol. The van der Waals surface area contributed by atoms with E-state index in [0.717, 1.165) is 30.2 Å². The summed E-state index contributed by atoms with van der Waals surface area (Å²) in [5, 5.41) is 0.339. The molecule has 0 radical (unpaired) electrons. The van der Waals surface area contributed by atoms with Gasteiger partial charge in [-0.3, -0.25) is 0 Å². The molecule has 2 atom stereocenters. The molecule has 2 aliphatic rings. The van der Waals surface area contributed by atoms with E-state index in [1.807, 2.05) is 0 Å². The van der Waals surface area contributed by atoms with Crippen LogP contribution in [0.4, 0.5) is 0 Å². The molecule has 1 aromatic carbocycles. The highest BCUT2D eigenvalue weighted by Crippen LogP contribution is 2.42. The number of fused-ring (bicyclic) bond motifs is 2. The second kappa shape index (κ2) is 5.43. The van der Waals surface area contributed by atoms with Crippen LogP contribution < -0.4 is 0 Å². The molecule has 2 aliphatic heterocycles. The Balaban J connectivity index is 2.01. The predicted molar refractivity (Wildman–Crippen MR) is 83.9 cm³/mol. The van der Waals surface area contributed by atoms with Crippen molar-refractivity contribution in [1.82, 2.24) is 4.31 Å². The van der Waals surface area contributed by atoms with Gasteiger partial charge in [-0.15, -0.1) is 11.6 Å². The lowest BCUT2D eigenvalue weighted by atomic mass is 10.1. The Labute approximate surface area is 137 Å². The van der Waals surface area contributed by atoms with Gasteiger partial charge in [0.15, 0.2) is 0 Å². The van der Waals surface area contributed by atoms with Crippen molar-refractivity contribution >= 4 is 49.2 Å². The summed E-state index contributed by atoms with van der Waals surface area (Å²) >= 11 is 15.6. The molecule has 2 heterocycles. The minimum absolute atomic E-state index is 0.0148. The summed E-state index contributed by atoms with van der Waals surface area (Å²) in [5.74, 6) is 0. The minimum atomic E-state index is -3.55. The number of benzene rings is 1. The molecule has 0 amide bonds. The van der Waals surface area contributed by atoms with Gasteiger partial charge in [-0.05, 0) is 43.9 Å². The van der Waals surface area contributed by atoms with Crippen LogP contribution >= 0.6 is 39.1 Å². The standard InChI is InChI=1S/C13H14BrCl2NO2S/c14-8-1-4-13(12(16)5-8)20(18,19)17-10-2-3-11(17)7-9(15)6-10/h1,4-5,9-11H,2-3,6-7H2. The largest absolute Gasteiger partial charge is 0.245 e. The van der Waals surface area contributed by atoms with E-state index in [4.69, 9.17) is 23.2 Å². The Hall–Kier alpha value is 0.190. The van der Waals surface area contributed by atoms with E-state index in [9.17, 15) is 8.42 Å². The van der Waals surface area contributed by atoms with Gasteiger partial charge in [-0.2, -0.15) is 4.31 Å². The van der Waals surface area contributed by atoms with Gasteiger partial charge in [0.2, 0.25) is 10.0 Å². The first-order valence-electron chi connectivity index (χ1n) is 6.52. The Morgan fingerprint density at radius 2 is 1.80 bits per heavy atom. The van der Waals surface area contributed by atoms with Crippen molar-refractivity contribution in [2.75, 3.05) is 0 Å². The highest BCUT2D eigenvalue weighted by atomic mass is 79.9. The van der Waals surface area contributed by atoms with E-state index in [1.54, 1.807) is 22.5 Å². The smallest absolute Gasteiger partial charge is 0.207 e. The number of piperidine rings is 1. The number of rotatable bonds is 2. The zero-order valence-corrected chi connectivity index (χ0v) is 14.5. The lowest BCUT2D eigenvalue weighted by Gasteiger charge is -2.36. The molecule has 2 fully saturated rings. The highest BCUT2D eigenvalue weighted by molar-refractivity contribution is 9.10. The molecule has 2 bridgehead atoms. The van der Waals surface area contributed by atoms with Crippen molar-refractivity contribution in [3.8, 4) is 0 Å². The Morgan fingerprint density at radius 3 is 2.35 bits per heavy atom. The number of hydrogen-bond donors (Lipinski definition) is 0. The molecule has 0 spiro atoms. The third-order valence-corrected chi connectivity index (χ3v) is 7.40. The van der Waals surface area contributed by atoms with Gasteiger partial charge in [0, 0.05) is 21.9 Å². The van der Waals surface area contributed by atoms with Crippen molar-refractivity contribution < 1.29 is 8.42 Å². The van der Waals surface area contributed by atoms with E-state index >= 15 is 0 Å². The molecule has 0 saturated carbocycles. The number of nitrogens with zero attached hydrogens (tertiary/aromatic N) is 1. The fourth-order valence-electron chi connectivity index (χ4n) is 3.26. The maximum absolute atomic E-state index is 12.9. The van der Waals surface area contributed by atoms with Crippen molar-refractivity contribution in [2.24, 2.45) is 0 Å². The van der Waals surface area contributed by atoms with Crippen LogP contribution in [0.15, 0.2) is 27.6 Å². The molecule has 0 N–H and O–H groups in total. The summed E-state index contributed by atoms with van der Waals surface area (Å²) in [7, 11) is -3.55. The van der Waals surface area contributed by atoms with Gasteiger partial charge >= 0.3 is 0 Å². The lowest BCUT2D eigenvalue weighted by molar-refractivity contribution is 0.251. The van der Waals surface area contributed by atoms with Crippen LogP contribution in [0, 0.1) is 0 Å².